The fourth-order valence-corrected chi connectivity index (χ4v) is 5.70. The molecule has 0 saturated carbocycles. The number of hydrogen-bond donors (Lipinski definition) is 2. The van der Waals surface area contributed by atoms with Crippen LogP contribution in [0.25, 0.3) is 0 Å². The number of carbonyl (C=O) groups excluding carboxylic acids is 2. The minimum Gasteiger partial charge on any atom is -0.463 e. The first-order valence-corrected chi connectivity index (χ1v) is 17.8. The van der Waals surface area contributed by atoms with E-state index in [1.54, 1.807) is 0 Å². The third-order valence-corrected chi connectivity index (χ3v) is 8.52. The molecule has 254 valence electrons. The van der Waals surface area contributed by atoms with E-state index >= 15 is 0 Å². The van der Waals surface area contributed by atoms with Gasteiger partial charge in [-0.1, -0.05) is 142 Å². The summed E-state index contributed by atoms with van der Waals surface area (Å²) in [4.78, 5) is 24.8. The van der Waals surface area contributed by atoms with Crippen molar-refractivity contribution in [3.8, 4) is 0 Å². The van der Waals surface area contributed by atoms with Gasteiger partial charge in [0.05, 0.1) is 0 Å². The maximum atomic E-state index is 12.5. The summed E-state index contributed by atoms with van der Waals surface area (Å²) in [7, 11) is 1.37. The summed E-state index contributed by atoms with van der Waals surface area (Å²) < 4.78 is 21.7. The zero-order chi connectivity index (χ0) is 31.5. The van der Waals surface area contributed by atoms with E-state index in [4.69, 9.17) is 18.9 Å². The van der Waals surface area contributed by atoms with Gasteiger partial charge >= 0.3 is 11.9 Å². The van der Waals surface area contributed by atoms with Crippen LogP contribution in [0.3, 0.4) is 0 Å². The van der Waals surface area contributed by atoms with Crippen LogP contribution in [-0.2, 0) is 28.5 Å². The monoisotopic (exact) mass is 614 g/mol. The van der Waals surface area contributed by atoms with Crippen LogP contribution in [0.1, 0.15) is 168 Å². The molecule has 1 aliphatic rings. The van der Waals surface area contributed by atoms with Crippen LogP contribution >= 0.6 is 0 Å². The van der Waals surface area contributed by atoms with Gasteiger partial charge in [-0.05, 0) is 12.8 Å². The highest BCUT2D eigenvalue weighted by Gasteiger charge is 2.47. The predicted octanol–water partition coefficient (Wildman–Crippen LogP) is 7.94. The highest BCUT2D eigenvalue weighted by Crippen LogP contribution is 2.25. The summed E-state index contributed by atoms with van der Waals surface area (Å²) >= 11 is 0. The molecular formula is C35H66O8. The number of carbonyl (C=O) groups is 2. The van der Waals surface area contributed by atoms with Gasteiger partial charge in [-0.15, -0.1) is 0 Å². The van der Waals surface area contributed by atoms with Crippen molar-refractivity contribution in [3.05, 3.63) is 0 Å². The molecule has 5 atom stereocenters. The van der Waals surface area contributed by atoms with E-state index in [9.17, 15) is 19.8 Å². The molecule has 0 aromatic carbocycles. The molecule has 1 heterocycles. The second-order valence-corrected chi connectivity index (χ2v) is 12.5. The topological polar surface area (TPSA) is 112 Å². The van der Waals surface area contributed by atoms with Gasteiger partial charge in [-0.2, -0.15) is 0 Å². The molecule has 1 fully saturated rings. The SMILES string of the molecule is CCCCCCCCCCCCCC(=O)OC[C@H]1O[C@@H](OC)[C@H](O)[C@@H](OC(=O)CCCCCCCCCCCCC)[C@@H]1O. The molecule has 0 amide bonds. The lowest BCUT2D eigenvalue weighted by Crippen LogP contribution is -2.60. The van der Waals surface area contributed by atoms with Crippen molar-refractivity contribution >= 4 is 11.9 Å². The van der Waals surface area contributed by atoms with E-state index in [2.05, 4.69) is 13.8 Å². The van der Waals surface area contributed by atoms with Crippen LogP contribution in [0.5, 0.6) is 0 Å². The zero-order valence-corrected chi connectivity index (χ0v) is 27.9. The van der Waals surface area contributed by atoms with Crippen LogP contribution in [0.15, 0.2) is 0 Å². The normalized spacial score (nSPS) is 22.0. The Morgan fingerprint density at radius 3 is 1.40 bits per heavy atom. The van der Waals surface area contributed by atoms with Crippen molar-refractivity contribution in [3.63, 3.8) is 0 Å². The second kappa shape index (κ2) is 27.1. The molecule has 0 spiro atoms. The Bertz CT molecular complexity index is 672. The maximum Gasteiger partial charge on any atom is 0.306 e. The Hall–Kier alpha value is -1.22. The maximum absolute atomic E-state index is 12.5. The van der Waals surface area contributed by atoms with E-state index < -0.39 is 36.7 Å². The van der Waals surface area contributed by atoms with Crippen LogP contribution in [-0.4, -0.2) is 66.6 Å². The molecule has 0 bridgehead atoms. The number of hydrogen-bond acceptors (Lipinski definition) is 8. The van der Waals surface area contributed by atoms with Gasteiger partial charge in [0.25, 0.3) is 0 Å². The van der Waals surface area contributed by atoms with E-state index in [-0.39, 0.29) is 19.0 Å². The number of methoxy groups -OCH3 is 1. The van der Waals surface area contributed by atoms with Crippen LogP contribution in [0, 0.1) is 0 Å². The summed E-state index contributed by atoms with van der Waals surface area (Å²) in [5.41, 5.74) is 0. The molecule has 0 aliphatic carbocycles. The summed E-state index contributed by atoms with van der Waals surface area (Å²) in [6.45, 7) is 4.27. The van der Waals surface area contributed by atoms with Crippen molar-refractivity contribution in [2.24, 2.45) is 0 Å². The first-order valence-electron chi connectivity index (χ1n) is 17.8. The molecule has 1 rings (SSSR count). The van der Waals surface area contributed by atoms with E-state index in [0.29, 0.717) is 12.8 Å². The fraction of sp³-hybridized carbons (Fsp3) is 0.943. The van der Waals surface area contributed by atoms with Crippen molar-refractivity contribution in [1.82, 2.24) is 0 Å². The van der Waals surface area contributed by atoms with Crippen molar-refractivity contribution < 1.29 is 38.7 Å². The van der Waals surface area contributed by atoms with Gasteiger partial charge in [0.2, 0.25) is 0 Å². The highest BCUT2D eigenvalue weighted by atomic mass is 16.7. The lowest BCUT2D eigenvalue weighted by Gasteiger charge is -2.41. The Kier molecular flexibility index (Phi) is 25.1. The minimum atomic E-state index is -1.34. The van der Waals surface area contributed by atoms with Crippen LogP contribution in [0.4, 0.5) is 0 Å². The minimum absolute atomic E-state index is 0.197. The molecule has 8 heteroatoms. The Labute approximate surface area is 263 Å². The van der Waals surface area contributed by atoms with E-state index in [0.717, 1.165) is 32.1 Å². The van der Waals surface area contributed by atoms with Gasteiger partial charge in [0.15, 0.2) is 12.4 Å². The number of unbranched alkanes of at least 4 members (excludes halogenated alkanes) is 20. The smallest absolute Gasteiger partial charge is 0.306 e. The first-order chi connectivity index (χ1) is 20.9. The predicted molar refractivity (Wildman–Crippen MR) is 171 cm³/mol. The highest BCUT2D eigenvalue weighted by molar-refractivity contribution is 5.70. The fourth-order valence-electron chi connectivity index (χ4n) is 5.70. The molecule has 0 aromatic heterocycles. The standard InChI is InChI=1S/C35H66O8/c1-4-6-8-10-12-14-16-18-20-22-24-26-30(36)41-28-29-32(38)34(33(39)35(40-3)42-29)43-31(37)27-25-23-21-19-17-15-13-11-9-7-5-2/h29,32-35,38-39H,4-28H2,1-3H3/t29-,32-,33-,34+,35-/m1/s1. The largest absolute Gasteiger partial charge is 0.463 e. The van der Waals surface area contributed by atoms with Crippen molar-refractivity contribution in [1.29, 1.82) is 0 Å². The third-order valence-electron chi connectivity index (χ3n) is 8.52. The summed E-state index contributed by atoms with van der Waals surface area (Å²) in [5.74, 6) is -0.820. The Morgan fingerprint density at radius 1 is 0.581 bits per heavy atom. The lowest BCUT2D eigenvalue weighted by molar-refractivity contribution is -0.297. The molecule has 8 nitrogen and oxygen atoms in total. The number of aliphatic hydroxyl groups excluding tert-OH is 2. The zero-order valence-electron chi connectivity index (χ0n) is 27.9. The van der Waals surface area contributed by atoms with Crippen molar-refractivity contribution in [2.45, 2.75) is 199 Å². The molecule has 0 aromatic rings. The van der Waals surface area contributed by atoms with Crippen molar-refractivity contribution in [2.75, 3.05) is 13.7 Å². The Morgan fingerprint density at radius 2 is 0.977 bits per heavy atom. The summed E-state index contributed by atoms with van der Waals surface area (Å²) in [5, 5.41) is 21.4. The van der Waals surface area contributed by atoms with Gasteiger partial charge in [-0.25, -0.2) is 0 Å². The van der Waals surface area contributed by atoms with E-state index in [1.165, 1.54) is 110 Å². The van der Waals surface area contributed by atoms with Crippen LogP contribution < -0.4 is 0 Å². The summed E-state index contributed by atoms with van der Waals surface area (Å²) in [6.07, 6.45) is 20.8. The number of esters is 2. The molecule has 1 saturated heterocycles. The van der Waals surface area contributed by atoms with Crippen LogP contribution in [0.2, 0.25) is 0 Å². The van der Waals surface area contributed by atoms with E-state index in [1.807, 2.05) is 0 Å². The number of rotatable bonds is 28. The second-order valence-electron chi connectivity index (χ2n) is 12.5. The van der Waals surface area contributed by atoms with Gasteiger partial charge < -0.3 is 29.2 Å². The first kappa shape index (κ1) is 39.8. The average molecular weight is 615 g/mol. The molecule has 2 N–H and O–H groups in total. The lowest BCUT2D eigenvalue weighted by atomic mass is 9.99. The molecule has 43 heavy (non-hydrogen) atoms. The van der Waals surface area contributed by atoms with Gasteiger partial charge in [-0.3, -0.25) is 9.59 Å². The number of ether oxygens (including phenoxy) is 4. The Balaban J connectivity index is 2.23. The molecular weight excluding hydrogens is 548 g/mol. The molecule has 0 radical (unpaired) electrons. The average Bonchev–Trinajstić information content (AvgIpc) is 3.00. The quantitative estimate of drug-likeness (QED) is 0.0675. The van der Waals surface area contributed by atoms with Gasteiger partial charge in [0.1, 0.15) is 24.9 Å². The summed E-state index contributed by atoms with van der Waals surface area (Å²) in [6, 6.07) is 0. The third kappa shape index (κ3) is 19.7. The number of aliphatic hydroxyl groups is 2. The van der Waals surface area contributed by atoms with Gasteiger partial charge in [0, 0.05) is 20.0 Å². The molecule has 0 unspecified atom stereocenters. The molecule has 1 aliphatic heterocycles.